The minimum atomic E-state index is -1.70. The Morgan fingerprint density at radius 2 is 0.615 bits per heavy atom. The molecule has 0 aromatic heterocycles. The maximum Gasteiger partial charge on any atom is 0.326 e. The summed E-state index contributed by atoms with van der Waals surface area (Å²) < 4.78 is 0. The third-order valence-corrected chi connectivity index (χ3v) is 9.55. The van der Waals surface area contributed by atoms with Crippen molar-refractivity contribution in [1.82, 2.24) is 16.0 Å². The largest absolute Gasteiger partial charge is 0.481 e. The summed E-state index contributed by atoms with van der Waals surface area (Å²) in [5.74, 6) is -11.6. The third-order valence-electron chi connectivity index (χ3n) is 7.11. The van der Waals surface area contributed by atoms with E-state index in [-0.39, 0.29) is 16.7 Å². The van der Waals surface area contributed by atoms with Crippen LogP contribution in [0.25, 0.3) is 0 Å². The highest BCUT2D eigenvalue weighted by atomic mass is 31.1. The number of carbonyl (C=O) groups is 9. The van der Waals surface area contributed by atoms with E-state index < -0.39 is 98.8 Å². The fourth-order valence-corrected chi connectivity index (χ4v) is 6.82. The number of carboxylic acids is 6. The molecule has 3 amide bonds. The summed E-state index contributed by atoms with van der Waals surface area (Å²) in [5, 5.41) is 62.9. The van der Waals surface area contributed by atoms with E-state index in [1.54, 1.807) is 36.4 Å². The standard InChI is InChI=1S/C33H30N3O15P/c37-25(38)13-22(31(46)47)34-28(43)16-1-7-19(8-2-16)52(20-9-3-17(4-10-20)29(44)35-23(32(48)49)14-26(39)40)21-11-5-18(6-12-21)30(45)36-24(33(50)51)15-27(41)42/h1-12,22-24H,13-15H2,(H,34,43)(H,35,44)(H,36,45)(H,37,38)(H,39,40)(H,41,42)(H,46,47)(H,48,49)(H,50,51). The molecule has 0 radical (unpaired) electrons. The quantitative estimate of drug-likeness (QED) is 0.0737. The van der Waals surface area contributed by atoms with E-state index in [0.29, 0.717) is 15.9 Å². The predicted octanol–water partition coefficient (Wildman–Crippen LogP) is -0.582. The average Bonchev–Trinajstić information content (AvgIpc) is 3.07. The highest BCUT2D eigenvalue weighted by Gasteiger charge is 2.27. The van der Waals surface area contributed by atoms with Gasteiger partial charge in [0.15, 0.2) is 0 Å². The van der Waals surface area contributed by atoms with Gasteiger partial charge in [0.1, 0.15) is 18.1 Å². The number of carbonyl (C=O) groups excluding carboxylic acids is 3. The van der Waals surface area contributed by atoms with Crippen LogP contribution < -0.4 is 31.9 Å². The molecule has 3 unspecified atom stereocenters. The van der Waals surface area contributed by atoms with Crippen molar-refractivity contribution in [3.05, 3.63) is 89.5 Å². The first kappa shape index (κ1) is 39.8. The van der Waals surface area contributed by atoms with E-state index in [9.17, 15) is 58.5 Å². The Kier molecular flexibility index (Phi) is 13.6. The van der Waals surface area contributed by atoms with Gasteiger partial charge in [-0.25, -0.2) is 14.4 Å². The zero-order chi connectivity index (χ0) is 38.7. The molecule has 19 heteroatoms. The molecule has 52 heavy (non-hydrogen) atoms. The summed E-state index contributed by atoms with van der Waals surface area (Å²) in [6, 6.07) is 12.4. The summed E-state index contributed by atoms with van der Waals surface area (Å²) in [4.78, 5) is 106. The van der Waals surface area contributed by atoms with Gasteiger partial charge in [-0.2, -0.15) is 0 Å². The molecule has 0 heterocycles. The SMILES string of the molecule is O=C(O)CC(NC(=O)c1ccc(P(c2ccc(C(=O)NC(CC(=O)O)C(=O)O)cc2)c2ccc(C(=O)NC(CC(=O)O)C(=O)O)cc2)cc1)C(=O)O. The second kappa shape index (κ2) is 17.8. The Morgan fingerprint density at radius 3 is 0.788 bits per heavy atom. The zero-order valence-electron chi connectivity index (χ0n) is 26.6. The average molecular weight is 740 g/mol. The van der Waals surface area contributed by atoms with Crippen molar-refractivity contribution in [2.24, 2.45) is 0 Å². The van der Waals surface area contributed by atoms with Crippen molar-refractivity contribution in [3.8, 4) is 0 Å². The molecule has 3 aromatic carbocycles. The predicted molar refractivity (Wildman–Crippen MR) is 179 cm³/mol. The van der Waals surface area contributed by atoms with Crippen molar-refractivity contribution < 1.29 is 73.8 Å². The van der Waals surface area contributed by atoms with Crippen LogP contribution in [0.1, 0.15) is 50.3 Å². The number of aliphatic carboxylic acids is 6. The topological polar surface area (TPSA) is 311 Å². The Balaban J connectivity index is 1.98. The molecule has 0 aliphatic carbocycles. The summed E-state index contributed by atoms with van der Waals surface area (Å²) in [6.45, 7) is 0. The Labute approximate surface area is 293 Å². The van der Waals surface area contributed by atoms with E-state index in [1.165, 1.54) is 36.4 Å². The molecule has 9 N–H and O–H groups in total. The van der Waals surface area contributed by atoms with Crippen LogP contribution >= 0.6 is 7.92 Å². The van der Waals surface area contributed by atoms with Gasteiger partial charge in [-0.15, -0.1) is 0 Å². The summed E-state index contributed by atoms with van der Waals surface area (Å²) in [5.41, 5.74) is -0.00537. The number of amides is 3. The van der Waals surface area contributed by atoms with Gasteiger partial charge < -0.3 is 46.6 Å². The maximum atomic E-state index is 12.7. The number of rotatable bonds is 18. The normalized spacial score (nSPS) is 12.9. The van der Waals surface area contributed by atoms with Gasteiger partial charge in [0.2, 0.25) is 0 Å². The van der Waals surface area contributed by atoms with Crippen molar-refractivity contribution >= 4 is 77.4 Å². The van der Waals surface area contributed by atoms with E-state index in [2.05, 4.69) is 16.0 Å². The maximum absolute atomic E-state index is 12.7. The van der Waals surface area contributed by atoms with Crippen LogP contribution in [-0.2, 0) is 28.8 Å². The van der Waals surface area contributed by atoms with Gasteiger partial charge in [0.05, 0.1) is 19.3 Å². The van der Waals surface area contributed by atoms with E-state index in [0.717, 1.165) is 0 Å². The monoisotopic (exact) mass is 739 g/mol. The lowest BCUT2D eigenvalue weighted by Gasteiger charge is -2.21. The van der Waals surface area contributed by atoms with Crippen LogP contribution in [0.4, 0.5) is 0 Å². The molecule has 0 aliphatic heterocycles. The van der Waals surface area contributed by atoms with E-state index in [4.69, 9.17) is 15.3 Å². The molecular formula is C33H30N3O15P. The zero-order valence-corrected chi connectivity index (χ0v) is 27.5. The van der Waals surface area contributed by atoms with Crippen molar-refractivity contribution in [1.29, 1.82) is 0 Å². The molecule has 0 spiro atoms. The smallest absolute Gasteiger partial charge is 0.326 e. The van der Waals surface area contributed by atoms with Crippen LogP contribution in [0.5, 0.6) is 0 Å². The number of hydrogen-bond donors (Lipinski definition) is 9. The van der Waals surface area contributed by atoms with Crippen molar-refractivity contribution in [2.75, 3.05) is 0 Å². The molecule has 0 fully saturated rings. The van der Waals surface area contributed by atoms with Gasteiger partial charge in [-0.1, -0.05) is 36.4 Å². The van der Waals surface area contributed by atoms with Crippen LogP contribution in [0.2, 0.25) is 0 Å². The highest BCUT2D eigenvalue weighted by molar-refractivity contribution is 7.79. The molecule has 0 aliphatic rings. The van der Waals surface area contributed by atoms with Gasteiger partial charge in [-0.3, -0.25) is 28.8 Å². The summed E-state index contributed by atoms with van der Waals surface area (Å²) in [6.07, 6.45) is -2.58. The number of carboxylic acid groups (broad SMARTS) is 6. The summed E-state index contributed by atoms with van der Waals surface area (Å²) in [7, 11) is -1.57. The van der Waals surface area contributed by atoms with Crippen molar-refractivity contribution in [3.63, 3.8) is 0 Å². The Morgan fingerprint density at radius 1 is 0.404 bits per heavy atom. The molecule has 272 valence electrons. The Hall–Kier alpha value is -6.68. The van der Waals surface area contributed by atoms with Crippen LogP contribution in [0, 0.1) is 0 Å². The molecule has 0 saturated carbocycles. The van der Waals surface area contributed by atoms with Crippen LogP contribution in [0.15, 0.2) is 72.8 Å². The molecule has 0 saturated heterocycles. The van der Waals surface area contributed by atoms with Crippen LogP contribution in [-0.4, -0.2) is 102 Å². The number of nitrogens with one attached hydrogen (secondary N) is 3. The third kappa shape index (κ3) is 11.2. The molecule has 3 aromatic rings. The number of benzene rings is 3. The minimum absolute atomic E-state index is 0.00179. The first-order valence-corrected chi connectivity index (χ1v) is 16.2. The fraction of sp³-hybridized carbons (Fsp3) is 0.182. The second-order valence-electron chi connectivity index (χ2n) is 10.9. The lowest BCUT2D eigenvalue weighted by atomic mass is 10.1. The van der Waals surface area contributed by atoms with Gasteiger partial charge in [0, 0.05) is 16.7 Å². The van der Waals surface area contributed by atoms with E-state index >= 15 is 0 Å². The first-order valence-electron chi connectivity index (χ1n) is 14.8. The molecule has 3 rings (SSSR count). The molecule has 18 nitrogen and oxygen atoms in total. The van der Waals surface area contributed by atoms with Crippen LogP contribution in [0.3, 0.4) is 0 Å². The lowest BCUT2D eigenvalue weighted by molar-refractivity contribution is -0.145. The lowest BCUT2D eigenvalue weighted by Crippen LogP contribution is -2.42. The molecule has 3 atom stereocenters. The van der Waals surface area contributed by atoms with Gasteiger partial charge in [0.25, 0.3) is 17.7 Å². The second-order valence-corrected chi connectivity index (χ2v) is 13.1. The number of hydrogen-bond acceptors (Lipinski definition) is 9. The molecule has 0 bridgehead atoms. The van der Waals surface area contributed by atoms with E-state index in [1.807, 2.05) is 0 Å². The Bertz CT molecular complexity index is 1660. The highest BCUT2D eigenvalue weighted by Crippen LogP contribution is 2.33. The fourth-order valence-electron chi connectivity index (χ4n) is 4.58. The van der Waals surface area contributed by atoms with Gasteiger partial charge in [-0.05, 0) is 60.2 Å². The van der Waals surface area contributed by atoms with Crippen molar-refractivity contribution in [2.45, 2.75) is 37.4 Å². The minimum Gasteiger partial charge on any atom is -0.481 e. The summed E-state index contributed by atoms with van der Waals surface area (Å²) >= 11 is 0. The molecular weight excluding hydrogens is 709 g/mol. The van der Waals surface area contributed by atoms with Gasteiger partial charge >= 0.3 is 35.8 Å². The first-order chi connectivity index (χ1) is 24.5.